The Morgan fingerprint density at radius 3 is 1.00 bits per heavy atom. The van der Waals surface area contributed by atoms with Crippen LogP contribution in [-0.4, -0.2) is 33.1 Å². The summed E-state index contributed by atoms with van der Waals surface area (Å²) < 4.78 is 0. The molecule has 7 heavy (non-hydrogen) atoms. The Hall–Kier alpha value is 1.23. The Bertz CT molecular complexity index is 19.3. The van der Waals surface area contributed by atoms with Gasteiger partial charge in [0.1, 0.15) is 0 Å². The predicted octanol–water partition coefficient (Wildman–Crippen LogP) is 2.30. The molecule has 0 saturated carbocycles. The van der Waals surface area contributed by atoms with E-state index < -0.39 is 19.8 Å². The van der Waals surface area contributed by atoms with E-state index in [0.29, 0.717) is 0 Å². The molecule has 0 atom stereocenters. The van der Waals surface area contributed by atoms with E-state index >= 15 is 0 Å². The quantitative estimate of drug-likeness (QED) is 0.439. The van der Waals surface area contributed by atoms with Crippen molar-refractivity contribution in [3.05, 3.63) is 0 Å². The first-order chi connectivity index (χ1) is 3.15. The van der Waals surface area contributed by atoms with Crippen LogP contribution in [0, 0.1) is 0 Å². The van der Waals surface area contributed by atoms with E-state index in [2.05, 4.69) is 28.1 Å². The van der Waals surface area contributed by atoms with Crippen LogP contribution < -0.4 is 0 Å². The van der Waals surface area contributed by atoms with Crippen molar-refractivity contribution in [3.63, 3.8) is 0 Å². The molecule has 2 heteroatoms. The van der Waals surface area contributed by atoms with Crippen LogP contribution in [0.3, 0.4) is 0 Å². The van der Waals surface area contributed by atoms with Gasteiger partial charge in [-0.15, -0.1) is 8.58 Å². The zero-order valence-electron chi connectivity index (χ0n) is 6.00. The summed E-state index contributed by atoms with van der Waals surface area (Å²) in [5, 5.41) is 0. The summed E-state index contributed by atoms with van der Waals surface area (Å²) in [6.45, 7) is 4.31. The fraction of sp³-hybridized carbons (Fsp3) is 1.00. The fourth-order valence-corrected chi connectivity index (χ4v) is 0. The summed E-state index contributed by atoms with van der Waals surface area (Å²) in [4.78, 5) is 7.09. The van der Waals surface area contributed by atoms with E-state index in [1.165, 1.54) is 0 Å². The molecule has 0 saturated heterocycles. The van der Waals surface area contributed by atoms with Crippen LogP contribution in [0.5, 0.6) is 0 Å². The second kappa shape index (κ2) is 10.3. The van der Waals surface area contributed by atoms with Crippen molar-refractivity contribution >= 4 is 28.3 Å². The van der Waals surface area contributed by atoms with E-state index in [-0.39, 0.29) is 0 Å². The predicted molar refractivity (Wildman–Crippen MR) is 43.5 cm³/mol. The van der Waals surface area contributed by atoms with Crippen LogP contribution in [-0.2, 0) is 0 Å². The van der Waals surface area contributed by atoms with Gasteiger partial charge < -0.3 is 0 Å². The second-order valence-corrected chi connectivity index (χ2v) is 11.6. The molecule has 0 amide bonds. The normalized spacial score (nSPS) is 7.71. The monoisotopic (exact) mass is 227 g/mol. The van der Waals surface area contributed by atoms with E-state index in [9.17, 15) is 0 Å². The molecule has 0 rings (SSSR count). The van der Waals surface area contributed by atoms with Gasteiger partial charge in [-0.05, 0) is 13.3 Å². The van der Waals surface area contributed by atoms with E-state index in [4.69, 9.17) is 0 Å². The summed E-state index contributed by atoms with van der Waals surface area (Å²) in [6, 6.07) is 0. The van der Waals surface area contributed by atoms with Crippen molar-refractivity contribution in [1.29, 1.82) is 0 Å². The molecule has 0 aromatic rings. The van der Waals surface area contributed by atoms with Crippen molar-refractivity contribution in [3.8, 4) is 0 Å². The third-order valence-electron chi connectivity index (χ3n) is 0. The molecule has 0 aromatic carbocycles. The third-order valence-corrected chi connectivity index (χ3v) is 0. The Kier molecular flexibility index (Phi) is 16.2. The molecular formula is C5H16PSn. The van der Waals surface area contributed by atoms with Crippen molar-refractivity contribution in [2.24, 2.45) is 0 Å². The summed E-state index contributed by atoms with van der Waals surface area (Å²) in [7, 11) is 1.08. The molecule has 0 fully saturated rings. The first kappa shape index (κ1) is 11.1. The molecule has 45 valence electrons. The van der Waals surface area contributed by atoms with Gasteiger partial charge in [0.15, 0.2) is 0 Å². The maximum atomic E-state index is 2.36. The molecule has 0 spiro atoms. The number of hydrogen-bond donors (Lipinski definition) is 0. The molecule has 0 bridgehead atoms. The van der Waals surface area contributed by atoms with Crippen LogP contribution in [0.1, 0.15) is 0 Å². The average molecular weight is 226 g/mol. The van der Waals surface area contributed by atoms with Gasteiger partial charge >= 0.3 is 34.6 Å². The van der Waals surface area contributed by atoms with E-state index in [0.717, 1.165) is 8.58 Å². The molecule has 0 N–H and O–H groups in total. The van der Waals surface area contributed by atoms with Gasteiger partial charge in [-0.1, -0.05) is 0 Å². The first-order valence-electron chi connectivity index (χ1n) is 2.50. The summed E-state index contributed by atoms with van der Waals surface area (Å²) in [6.07, 6.45) is 0. The Morgan fingerprint density at radius 1 is 1.00 bits per heavy atom. The SMILES string of the molecule is CPC.[CH3][Sn]([CH3])[CH3]. The van der Waals surface area contributed by atoms with Gasteiger partial charge in [0.25, 0.3) is 0 Å². The summed E-state index contributed by atoms with van der Waals surface area (Å²) in [5.41, 5.74) is 0. The minimum atomic E-state index is -0.543. The van der Waals surface area contributed by atoms with Gasteiger partial charge in [-0.25, -0.2) is 0 Å². The third kappa shape index (κ3) is 131. The van der Waals surface area contributed by atoms with Gasteiger partial charge in [-0.2, -0.15) is 0 Å². The summed E-state index contributed by atoms with van der Waals surface area (Å²) in [5.74, 6) is 0. The van der Waals surface area contributed by atoms with Crippen LogP contribution in [0.2, 0.25) is 14.8 Å². The van der Waals surface area contributed by atoms with Crippen LogP contribution in [0.25, 0.3) is 0 Å². The van der Waals surface area contributed by atoms with Gasteiger partial charge in [0, 0.05) is 0 Å². The van der Waals surface area contributed by atoms with Gasteiger partial charge in [0.2, 0.25) is 0 Å². The topological polar surface area (TPSA) is 0 Å². The molecular weight excluding hydrogens is 210 g/mol. The molecule has 0 aliphatic carbocycles. The fourth-order valence-electron chi connectivity index (χ4n) is 0. The second-order valence-electron chi connectivity index (χ2n) is 2.00. The van der Waals surface area contributed by atoms with Gasteiger partial charge in [-0.3, -0.25) is 0 Å². The molecule has 0 heterocycles. The van der Waals surface area contributed by atoms with Crippen molar-refractivity contribution in [2.75, 3.05) is 13.3 Å². The Morgan fingerprint density at radius 2 is 1.00 bits per heavy atom. The zero-order valence-corrected chi connectivity index (χ0v) is 9.85. The standard InChI is InChI=1S/C2H7P.3CH3.Sn/c1-3-2;;;;/h3H,1-2H3;3*1H3;. The van der Waals surface area contributed by atoms with Crippen molar-refractivity contribution < 1.29 is 0 Å². The van der Waals surface area contributed by atoms with Crippen molar-refractivity contribution in [1.82, 2.24) is 0 Å². The van der Waals surface area contributed by atoms with Crippen LogP contribution in [0.15, 0.2) is 0 Å². The molecule has 0 aliphatic heterocycles. The number of hydrogen-bond acceptors (Lipinski definition) is 0. The summed E-state index contributed by atoms with van der Waals surface area (Å²) >= 11 is -0.543. The van der Waals surface area contributed by atoms with E-state index in [1.807, 2.05) is 0 Å². The van der Waals surface area contributed by atoms with Gasteiger partial charge in [0.05, 0.1) is 0 Å². The Labute approximate surface area is 56.6 Å². The van der Waals surface area contributed by atoms with E-state index in [1.54, 1.807) is 0 Å². The maximum absolute atomic E-state index is 2.36. The van der Waals surface area contributed by atoms with Crippen LogP contribution in [0.4, 0.5) is 0 Å². The Balaban J connectivity index is 0. The first-order valence-corrected chi connectivity index (χ1v) is 13.1. The molecule has 0 unspecified atom stereocenters. The average Bonchev–Trinajstić information content (AvgIpc) is 1.33. The zero-order chi connectivity index (χ0) is 6.28. The minimum absolute atomic E-state index is 0.543. The molecule has 1 radical (unpaired) electrons. The number of rotatable bonds is 0. The van der Waals surface area contributed by atoms with Crippen molar-refractivity contribution in [2.45, 2.75) is 14.8 Å². The van der Waals surface area contributed by atoms with Crippen LogP contribution >= 0.6 is 8.58 Å². The molecule has 0 nitrogen and oxygen atoms in total. The molecule has 0 aliphatic rings. The molecule has 0 aromatic heterocycles.